The van der Waals surface area contributed by atoms with E-state index in [-0.39, 0.29) is 5.91 Å². The van der Waals surface area contributed by atoms with Crippen LogP contribution in [-0.4, -0.2) is 19.0 Å². The van der Waals surface area contributed by atoms with Crippen LogP contribution in [-0.2, 0) is 17.6 Å². The Kier molecular flexibility index (Phi) is 5.12. The van der Waals surface area contributed by atoms with Gasteiger partial charge < -0.3 is 10.2 Å². The van der Waals surface area contributed by atoms with Gasteiger partial charge in [-0.25, -0.2) is 0 Å². The molecule has 0 bridgehead atoms. The number of carbonyl (C=O) groups is 1. The highest BCUT2D eigenvalue weighted by Crippen LogP contribution is 2.25. The molecule has 1 amide bonds. The number of benzene rings is 2. The average Bonchev–Trinajstić information content (AvgIpc) is 3.12. The summed E-state index contributed by atoms with van der Waals surface area (Å²) < 4.78 is 0. The van der Waals surface area contributed by atoms with E-state index in [0.717, 1.165) is 29.9 Å². The number of nitrogens with one attached hydrogen (secondary N) is 1. The van der Waals surface area contributed by atoms with E-state index >= 15 is 0 Å². The molecule has 24 heavy (non-hydrogen) atoms. The first-order chi connectivity index (χ1) is 11.8. The quantitative estimate of drug-likeness (QED) is 0.917. The molecule has 1 heterocycles. The Labute approximate surface area is 142 Å². The number of hydrogen-bond donors (Lipinski definition) is 1. The number of amides is 1. The minimum atomic E-state index is -0.0188. The fourth-order valence-electron chi connectivity index (χ4n) is 3.10. The Morgan fingerprint density at radius 3 is 2.50 bits per heavy atom. The average molecular weight is 319 g/mol. The molecular formula is C20H21N3O. The first-order valence-electron chi connectivity index (χ1n) is 8.35. The normalized spacial score (nSPS) is 13.5. The van der Waals surface area contributed by atoms with Gasteiger partial charge in [-0.2, -0.15) is 5.26 Å². The summed E-state index contributed by atoms with van der Waals surface area (Å²) >= 11 is 0. The van der Waals surface area contributed by atoms with E-state index in [1.54, 1.807) is 0 Å². The molecule has 0 unspecified atom stereocenters. The summed E-state index contributed by atoms with van der Waals surface area (Å²) in [5.41, 5.74) is 3.96. The second kappa shape index (κ2) is 7.65. The van der Waals surface area contributed by atoms with E-state index < -0.39 is 0 Å². The van der Waals surface area contributed by atoms with Crippen LogP contribution in [0.15, 0.2) is 48.5 Å². The highest BCUT2D eigenvalue weighted by molar-refractivity contribution is 5.93. The molecule has 2 aromatic rings. The summed E-state index contributed by atoms with van der Waals surface area (Å²) in [7, 11) is 0. The molecule has 0 radical (unpaired) electrons. The van der Waals surface area contributed by atoms with Gasteiger partial charge >= 0.3 is 0 Å². The largest absolute Gasteiger partial charge is 0.371 e. The van der Waals surface area contributed by atoms with Gasteiger partial charge in [0, 0.05) is 24.5 Å². The van der Waals surface area contributed by atoms with Crippen LogP contribution in [0.2, 0.25) is 0 Å². The lowest BCUT2D eigenvalue weighted by molar-refractivity contribution is -0.115. The molecule has 2 aromatic carbocycles. The van der Waals surface area contributed by atoms with Crippen LogP contribution in [0, 0.1) is 11.3 Å². The van der Waals surface area contributed by atoms with E-state index in [4.69, 9.17) is 5.26 Å². The Morgan fingerprint density at radius 1 is 1.08 bits per heavy atom. The van der Waals surface area contributed by atoms with Crippen LogP contribution < -0.4 is 10.2 Å². The van der Waals surface area contributed by atoms with Crippen molar-refractivity contribution in [2.45, 2.75) is 25.7 Å². The van der Waals surface area contributed by atoms with Crippen molar-refractivity contribution in [3.05, 3.63) is 59.7 Å². The zero-order valence-corrected chi connectivity index (χ0v) is 13.7. The maximum atomic E-state index is 12.4. The van der Waals surface area contributed by atoms with Gasteiger partial charge in [-0.3, -0.25) is 4.79 Å². The molecule has 1 N–H and O–H groups in total. The smallest absolute Gasteiger partial charge is 0.228 e. The molecule has 1 fully saturated rings. The minimum absolute atomic E-state index is 0.0188. The zero-order valence-electron chi connectivity index (χ0n) is 13.7. The van der Waals surface area contributed by atoms with Crippen molar-refractivity contribution in [2.75, 3.05) is 23.3 Å². The number of anilines is 2. The first-order valence-corrected chi connectivity index (χ1v) is 8.35. The molecule has 1 saturated heterocycles. The summed E-state index contributed by atoms with van der Waals surface area (Å²) in [6, 6.07) is 17.7. The van der Waals surface area contributed by atoms with E-state index in [1.165, 1.54) is 18.5 Å². The minimum Gasteiger partial charge on any atom is -0.371 e. The Morgan fingerprint density at radius 2 is 1.79 bits per heavy atom. The molecule has 0 aromatic heterocycles. The molecule has 0 atom stereocenters. The van der Waals surface area contributed by atoms with Crippen molar-refractivity contribution < 1.29 is 4.79 Å². The van der Waals surface area contributed by atoms with E-state index in [2.05, 4.69) is 22.4 Å². The maximum Gasteiger partial charge on any atom is 0.228 e. The van der Waals surface area contributed by atoms with Gasteiger partial charge in [-0.05, 0) is 42.2 Å². The second-order valence-corrected chi connectivity index (χ2v) is 6.08. The maximum absolute atomic E-state index is 12.4. The molecular weight excluding hydrogens is 298 g/mol. The molecule has 1 aliphatic heterocycles. The van der Waals surface area contributed by atoms with Crippen molar-refractivity contribution >= 4 is 17.3 Å². The molecule has 3 rings (SSSR count). The van der Waals surface area contributed by atoms with Gasteiger partial charge in [0.05, 0.1) is 18.9 Å². The monoisotopic (exact) mass is 319 g/mol. The lowest BCUT2D eigenvalue weighted by Gasteiger charge is -2.21. The third-order valence-electron chi connectivity index (χ3n) is 4.31. The number of nitriles is 1. The van der Waals surface area contributed by atoms with Crippen LogP contribution in [0.4, 0.5) is 11.4 Å². The molecule has 0 saturated carbocycles. The number of rotatable bonds is 5. The third kappa shape index (κ3) is 3.94. The Hall–Kier alpha value is -2.80. The van der Waals surface area contributed by atoms with E-state index in [0.29, 0.717) is 12.8 Å². The van der Waals surface area contributed by atoms with Gasteiger partial charge in [0.1, 0.15) is 0 Å². The van der Waals surface area contributed by atoms with Crippen LogP contribution in [0.1, 0.15) is 24.0 Å². The predicted octanol–water partition coefficient (Wildman–Crippen LogP) is 3.53. The number of hydrogen-bond acceptors (Lipinski definition) is 3. The summed E-state index contributed by atoms with van der Waals surface area (Å²) in [5, 5.41) is 11.6. The Balaban J connectivity index is 1.66. The van der Waals surface area contributed by atoms with E-state index in [1.807, 2.05) is 42.5 Å². The standard InChI is InChI=1S/C20H21N3O/c21-12-11-16-7-9-18(10-8-16)22-20(24)15-17-5-1-2-6-19(17)23-13-3-4-14-23/h1-2,5-10H,3-4,11,13-15H2,(H,22,24). The highest BCUT2D eigenvalue weighted by atomic mass is 16.1. The lowest BCUT2D eigenvalue weighted by atomic mass is 10.1. The van der Waals surface area contributed by atoms with Crippen molar-refractivity contribution in [1.29, 1.82) is 5.26 Å². The van der Waals surface area contributed by atoms with Crippen molar-refractivity contribution in [1.82, 2.24) is 0 Å². The summed E-state index contributed by atoms with van der Waals surface area (Å²) in [6.45, 7) is 2.14. The Bertz CT molecular complexity index is 740. The molecule has 4 heteroatoms. The van der Waals surface area contributed by atoms with E-state index in [9.17, 15) is 4.79 Å². The first kappa shape index (κ1) is 16.1. The fourth-order valence-corrected chi connectivity index (χ4v) is 3.10. The van der Waals surface area contributed by atoms with Crippen LogP contribution in [0.3, 0.4) is 0 Å². The number of para-hydroxylation sites is 1. The summed E-state index contributed by atoms with van der Waals surface area (Å²) in [6.07, 6.45) is 3.19. The highest BCUT2D eigenvalue weighted by Gasteiger charge is 2.16. The molecule has 0 spiro atoms. The van der Waals surface area contributed by atoms with Gasteiger partial charge in [0.15, 0.2) is 0 Å². The second-order valence-electron chi connectivity index (χ2n) is 6.08. The van der Waals surface area contributed by atoms with Crippen LogP contribution >= 0.6 is 0 Å². The molecule has 122 valence electrons. The van der Waals surface area contributed by atoms with Gasteiger partial charge in [-0.1, -0.05) is 30.3 Å². The molecule has 1 aliphatic rings. The topological polar surface area (TPSA) is 56.1 Å². The van der Waals surface area contributed by atoms with Gasteiger partial charge in [0.2, 0.25) is 5.91 Å². The number of carbonyl (C=O) groups excluding carboxylic acids is 1. The molecule has 0 aliphatic carbocycles. The predicted molar refractivity (Wildman–Crippen MR) is 96.0 cm³/mol. The summed E-state index contributed by atoms with van der Waals surface area (Å²) in [4.78, 5) is 14.7. The van der Waals surface area contributed by atoms with Crippen molar-refractivity contribution in [2.24, 2.45) is 0 Å². The fraction of sp³-hybridized carbons (Fsp3) is 0.300. The SMILES string of the molecule is N#CCc1ccc(NC(=O)Cc2ccccc2N2CCCC2)cc1. The molecule has 4 nitrogen and oxygen atoms in total. The summed E-state index contributed by atoms with van der Waals surface area (Å²) in [5.74, 6) is -0.0188. The lowest BCUT2D eigenvalue weighted by Crippen LogP contribution is -2.21. The number of nitrogens with zero attached hydrogens (tertiary/aromatic N) is 2. The van der Waals surface area contributed by atoms with Crippen LogP contribution in [0.25, 0.3) is 0 Å². The van der Waals surface area contributed by atoms with Crippen LogP contribution in [0.5, 0.6) is 0 Å². The van der Waals surface area contributed by atoms with Gasteiger partial charge in [0.25, 0.3) is 0 Å². The van der Waals surface area contributed by atoms with Crippen molar-refractivity contribution in [3.63, 3.8) is 0 Å². The zero-order chi connectivity index (χ0) is 16.8. The van der Waals surface area contributed by atoms with Gasteiger partial charge in [-0.15, -0.1) is 0 Å². The van der Waals surface area contributed by atoms with Crippen molar-refractivity contribution in [3.8, 4) is 6.07 Å². The third-order valence-corrected chi connectivity index (χ3v) is 4.31.